The van der Waals surface area contributed by atoms with Gasteiger partial charge in [0.05, 0.1) is 5.41 Å². The fourth-order valence-electron chi connectivity index (χ4n) is 4.56. The number of nitrogens with zero attached hydrogens (tertiary/aromatic N) is 4. The second-order valence-electron chi connectivity index (χ2n) is 8.36. The molecule has 4 rings (SSSR count). The normalized spacial score (nSPS) is 18.6. The first-order valence-corrected chi connectivity index (χ1v) is 10.5. The van der Waals surface area contributed by atoms with Crippen LogP contribution in [0.15, 0.2) is 61.1 Å². The summed E-state index contributed by atoms with van der Waals surface area (Å²) in [4.78, 5) is 34.2. The summed E-state index contributed by atoms with van der Waals surface area (Å²) in [5.74, 6) is -0.0655. The van der Waals surface area contributed by atoms with Crippen LogP contribution in [0.4, 0.5) is 0 Å². The lowest BCUT2D eigenvalue weighted by atomic mass is 9.73. The maximum atomic E-state index is 13.5. The van der Waals surface area contributed by atoms with Gasteiger partial charge in [0.2, 0.25) is 5.91 Å². The van der Waals surface area contributed by atoms with Gasteiger partial charge in [0.15, 0.2) is 0 Å². The zero-order valence-electron chi connectivity index (χ0n) is 17.9. The maximum absolute atomic E-state index is 13.5. The smallest absolute Gasteiger partial charge is 0.271 e. The Morgan fingerprint density at radius 3 is 2.68 bits per heavy atom. The van der Waals surface area contributed by atoms with E-state index in [0.29, 0.717) is 25.2 Å². The molecular weight excluding hydrogens is 390 g/mol. The Balaban J connectivity index is 1.70. The standard InChI is InChI=1S/C24H27N5O2/c1-28(2)23(31)24(11-6-14-29(17-24)22(30)21-10-13-26-27-21)15-18-7-3-4-9-20(18)19-8-5-12-25-16-19/h3-5,7-10,12-13,16H,6,11,14-15,17H2,1-2H3,(H,26,27)/t24-/m1/s1. The second kappa shape index (κ2) is 8.71. The Kier molecular flexibility index (Phi) is 5.84. The molecule has 0 bridgehead atoms. The minimum atomic E-state index is -0.685. The lowest BCUT2D eigenvalue weighted by Gasteiger charge is -2.43. The lowest BCUT2D eigenvalue weighted by Crippen LogP contribution is -2.54. The van der Waals surface area contributed by atoms with E-state index in [9.17, 15) is 9.59 Å². The number of likely N-dealkylation sites (tertiary alicyclic amines) is 1. The summed E-state index contributed by atoms with van der Waals surface area (Å²) in [6, 6.07) is 13.8. The van der Waals surface area contributed by atoms with Crippen LogP contribution in [0.5, 0.6) is 0 Å². The first-order valence-electron chi connectivity index (χ1n) is 10.5. The zero-order chi connectivity index (χ0) is 21.8. The maximum Gasteiger partial charge on any atom is 0.271 e. The molecule has 0 spiro atoms. The number of benzene rings is 1. The van der Waals surface area contributed by atoms with Crippen LogP contribution in [0.3, 0.4) is 0 Å². The summed E-state index contributed by atoms with van der Waals surface area (Å²) in [5, 5.41) is 6.65. The Morgan fingerprint density at radius 2 is 1.97 bits per heavy atom. The van der Waals surface area contributed by atoms with E-state index < -0.39 is 5.41 Å². The van der Waals surface area contributed by atoms with E-state index in [-0.39, 0.29) is 11.8 Å². The number of rotatable bonds is 5. The van der Waals surface area contributed by atoms with Gasteiger partial charge in [-0.25, -0.2) is 0 Å². The van der Waals surface area contributed by atoms with Crippen LogP contribution in [0, 0.1) is 5.41 Å². The van der Waals surface area contributed by atoms with Gasteiger partial charge in [-0.1, -0.05) is 30.3 Å². The highest BCUT2D eigenvalue weighted by molar-refractivity contribution is 5.93. The Labute approximate surface area is 182 Å². The lowest BCUT2D eigenvalue weighted by molar-refractivity contribution is -0.142. The quantitative estimate of drug-likeness (QED) is 0.692. The van der Waals surface area contributed by atoms with Crippen molar-refractivity contribution in [2.45, 2.75) is 19.3 Å². The van der Waals surface area contributed by atoms with Crippen molar-refractivity contribution in [3.63, 3.8) is 0 Å². The number of piperidine rings is 1. The van der Waals surface area contributed by atoms with Crippen LogP contribution in [0.1, 0.15) is 28.9 Å². The molecule has 1 saturated heterocycles. The summed E-state index contributed by atoms with van der Waals surface area (Å²) in [6.45, 7) is 1.01. The largest absolute Gasteiger partial charge is 0.348 e. The number of amides is 2. The third-order valence-corrected chi connectivity index (χ3v) is 5.97. The number of aromatic amines is 1. The summed E-state index contributed by atoms with van der Waals surface area (Å²) >= 11 is 0. The van der Waals surface area contributed by atoms with E-state index in [1.807, 2.05) is 30.5 Å². The molecule has 7 heteroatoms. The SMILES string of the molecule is CN(C)C(=O)[C@@]1(Cc2ccccc2-c2cccnc2)CCCN(C(=O)c2ccn[nH]2)C1. The highest BCUT2D eigenvalue weighted by Crippen LogP contribution is 2.38. The number of carbonyl (C=O) groups excluding carboxylic acids is 2. The molecule has 0 radical (unpaired) electrons. The van der Waals surface area contributed by atoms with Crippen molar-refractivity contribution in [2.24, 2.45) is 5.41 Å². The summed E-state index contributed by atoms with van der Waals surface area (Å²) in [6.07, 6.45) is 7.23. The Bertz CT molecular complexity index is 1050. The van der Waals surface area contributed by atoms with Crippen molar-refractivity contribution in [3.8, 4) is 11.1 Å². The summed E-state index contributed by atoms with van der Waals surface area (Å²) in [5.41, 5.74) is 2.94. The highest BCUT2D eigenvalue weighted by Gasteiger charge is 2.45. The van der Waals surface area contributed by atoms with Crippen molar-refractivity contribution in [2.75, 3.05) is 27.2 Å². The van der Waals surface area contributed by atoms with Crippen LogP contribution in [-0.2, 0) is 11.2 Å². The molecule has 2 amide bonds. The fourth-order valence-corrected chi connectivity index (χ4v) is 4.56. The number of nitrogens with one attached hydrogen (secondary N) is 1. The average Bonchev–Trinajstić information content (AvgIpc) is 3.34. The molecule has 1 aliphatic rings. The fraction of sp³-hybridized carbons (Fsp3) is 0.333. The molecule has 0 unspecified atom stereocenters. The van der Waals surface area contributed by atoms with E-state index in [0.717, 1.165) is 29.5 Å². The molecule has 1 N–H and O–H groups in total. The summed E-state index contributed by atoms with van der Waals surface area (Å²) < 4.78 is 0. The van der Waals surface area contributed by atoms with E-state index in [1.165, 1.54) is 0 Å². The van der Waals surface area contributed by atoms with Gasteiger partial charge < -0.3 is 9.80 Å². The monoisotopic (exact) mass is 417 g/mol. The number of hydrogen-bond acceptors (Lipinski definition) is 4. The van der Waals surface area contributed by atoms with Crippen LogP contribution in [-0.4, -0.2) is 64.0 Å². The van der Waals surface area contributed by atoms with Crippen molar-refractivity contribution >= 4 is 11.8 Å². The molecule has 3 aromatic rings. The highest BCUT2D eigenvalue weighted by atomic mass is 16.2. The summed E-state index contributed by atoms with van der Waals surface area (Å²) in [7, 11) is 3.57. The number of aromatic nitrogens is 3. The van der Waals surface area contributed by atoms with E-state index in [4.69, 9.17) is 0 Å². The van der Waals surface area contributed by atoms with Crippen LogP contribution in [0.25, 0.3) is 11.1 Å². The van der Waals surface area contributed by atoms with Gasteiger partial charge in [-0.05, 0) is 42.5 Å². The van der Waals surface area contributed by atoms with E-state index >= 15 is 0 Å². The Morgan fingerprint density at radius 1 is 1.13 bits per heavy atom. The van der Waals surface area contributed by atoms with Gasteiger partial charge in [0.1, 0.15) is 5.69 Å². The molecule has 1 atom stereocenters. The van der Waals surface area contributed by atoms with Gasteiger partial charge in [-0.15, -0.1) is 0 Å². The number of carbonyl (C=O) groups is 2. The first kappa shape index (κ1) is 20.8. The van der Waals surface area contributed by atoms with Gasteiger partial charge in [-0.3, -0.25) is 19.7 Å². The predicted octanol–water partition coefficient (Wildman–Crippen LogP) is 3.03. The van der Waals surface area contributed by atoms with Gasteiger partial charge in [0.25, 0.3) is 5.91 Å². The van der Waals surface area contributed by atoms with Crippen molar-refractivity contribution in [1.82, 2.24) is 25.0 Å². The molecule has 1 aliphatic heterocycles. The van der Waals surface area contributed by atoms with Crippen LogP contribution >= 0.6 is 0 Å². The van der Waals surface area contributed by atoms with Crippen LogP contribution < -0.4 is 0 Å². The third kappa shape index (κ3) is 4.21. The van der Waals surface area contributed by atoms with Gasteiger partial charge in [0, 0.05) is 51.3 Å². The average molecular weight is 418 g/mol. The van der Waals surface area contributed by atoms with Gasteiger partial charge in [-0.2, -0.15) is 5.10 Å². The molecular formula is C24H27N5O2. The molecule has 1 fully saturated rings. The molecule has 0 saturated carbocycles. The van der Waals surface area contributed by atoms with Crippen LogP contribution in [0.2, 0.25) is 0 Å². The minimum absolute atomic E-state index is 0.0515. The minimum Gasteiger partial charge on any atom is -0.348 e. The van der Waals surface area contributed by atoms with Crippen molar-refractivity contribution in [1.29, 1.82) is 0 Å². The number of hydrogen-bond donors (Lipinski definition) is 1. The first-order chi connectivity index (χ1) is 15.0. The molecule has 1 aromatic carbocycles. The third-order valence-electron chi connectivity index (χ3n) is 5.97. The molecule has 3 heterocycles. The predicted molar refractivity (Wildman–Crippen MR) is 118 cm³/mol. The molecule has 0 aliphatic carbocycles. The van der Waals surface area contributed by atoms with E-state index in [2.05, 4.69) is 27.3 Å². The molecule has 7 nitrogen and oxygen atoms in total. The Hall–Kier alpha value is -3.48. The zero-order valence-corrected chi connectivity index (χ0v) is 17.9. The van der Waals surface area contributed by atoms with Crippen molar-refractivity contribution in [3.05, 3.63) is 72.3 Å². The molecule has 160 valence electrons. The topological polar surface area (TPSA) is 82.2 Å². The number of pyridine rings is 1. The van der Waals surface area contributed by atoms with Gasteiger partial charge >= 0.3 is 0 Å². The molecule has 2 aromatic heterocycles. The van der Waals surface area contributed by atoms with E-state index in [1.54, 1.807) is 42.4 Å². The second-order valence-corrected chi connectivity index (χ2v) is 8.36. The molecule has 31 heavy (non-hydrogen) atoms. The van der Waals surface area contributed by atoms with Crippen molar-refractivity contribution < 1.29 is 9.59 Å². The number of H-pyrrole nitrogens is 1.